The molecule has 0 aliphatic carbocycles. The number of esters is 1. The van der Waals surface area contributed by atoms with Crippen LogP contribution >= 0.6 is 0 Å². The standard InChI is InChI=1S/C17H27NO3/c1-5-9-16(17(19)20-7-3)21-15-11-8-10-14(12-15)13(4)18-6-2/h8,10-13,16,18H,5-7,9H2,1-4H3. The average molecular weight is 293 g/mol. The molecule has 0 fully saturated rings. The summed E-state index contributed by atoms with van der Waals surface area (Å²) in [7, 11) is 0. The Balaban J connectivity index is 2.79. The van der Waals surface area contributed by atoms with Crippen molar-refractivity contribution in [2.45, 2.75) is 52.7 Å². The molecule has 0 radical (unpaired) electrons. The first-order valence-corrected chi connectivity index (χ1v) is 7.78. The van der Waals surface area contributed by atoms with E-state index >= 15 is 0 Å². The van der Waals surface area contributed by atoms with Crippen LogP contribution in [-0.4, -0.2) is 25.2 Å². The Hall–Kier alpha value is -1.55. The lowest BCUT2D eigenvalue weighted by atomic mass is 10.1. The highest BCUT2D eigenvalue weighted by atomic mass is 16.6. The lowest BCUT2D eigenvalue weighted by molar-refractivity contribution is -0.151. The maximum Gasteiger partial charge on any atom is 0.347 e. The Kier molecular flexibility index (Phi) is 7.83. The second-order valence-electron chi connectivity index (χ2n) is 5.00. The molecular formula is C17H27NO3. The number of carbonyl (C=O) groups is 1. The van der Waals surface area contributed by atoms with E-state index in [9.17, 15) is 4.79 Å². The molecule has 118 valence electrons. The van der Waals surface area contributed by atoms with Gasteiger partial charge in [0.05, 0.1) is 6.61 Å². The number of hydrogen-bond donors (Lipinski definition) is 1. The third-order valence-corrected chi connectivity index (χ3v) is 3.25. The fraction of sp³-hybridized carbons (Fsp3) is 0.588. The molecule has 2 unspecified atom stereocenters. The molecule has 1 N–H and O–H groups in total. The second-order valence-corrected chi connectivity index (χ2v) is 5.00. The van der Waals surface area contributed by atoms with Crippen LogP contribution in [-0.2, 0) is 9.53 Å². The maximum atomic E-state index is 11.9. The number of carbonyl (C=O) groups excluding carboxylic acids is 1. The molecule has 0 amide bonds. The number of hydrogen-bond acceptors (Lipinski definition) is 4. The van der Waals surface area contributed by atoms with Crippen molar-refractivity contribution >= 4 is 5.97 Å². The van der Waals surface area contributed by atoms with Crippen molar-refractivity contribution in [1.82, 2.24) is 5.32 Å². The number of benzene rings is 1. The van der Waals surface area contributed by atoms with E-state index in [1.807, 2.05) is 25.1 Å². The van der Waals surface area contributed by atoms with Gasteiger partial charge < -0.3 is 14.8 Å². The highest BCUT2D eigenvalue weighted by Crippen LogP contribution is 2.21. The van der Waals surface area contributed by atoms with Crippen molar-refractivity contribution < 1.29 is 14.3 Å². The molecule has 0 aliphatic heterocycles. The van der Waals surface area contributed by atoms with Crippen LogP contribution in [0.3, 0.4) is 0 Å². The molecule has 0 bridgehead atoms. The van der Waals surface area contributed by atoms with Gasteiger partial charge in [-0.05, 0) is 44.5 Å². The van der Waals surface area contributed by atoms with Gasteiger partial charge in [-0.25, -0.2) is 4.79 Å². The molecule has 2 atom stereocenters. The van der Waals surface area contributed by atoms with Crippen molar-refractivity contribution in [1.29, 1.82) is 0 Å². The summed E-state index contributed by atoms with van der Waals surface area (Å²) in [5, 5.41) is 3.36. The molecule has 0 saturated heterocycles. The van der Waals surface area contributed by atoms with Gasteiger partial charge in [0, 0.05) is 6.04 Å². The molecule has 1 rings (SSSR count). The predicted octanol–water partition coefficient (Wildman–Crippen LogP) is 3.47. The first-order chi connectivity index (χ1) is 10.1. The van der Waals surface area contributed by atoms with Crippen molar-refractivity contribution in [3.8, 4) is 5.75 Å². The molecule has 4 heteroatoms. The van der Waals surface area contributed by atoms with E-state index in [4.69, 9.17) is 9.47 Å². The topological polar surface area (TPSA) is 47.6 Å². The molecule has 1 aromatic rings. The fourth-order valence-corrected chi connectivity index (χ4v) is 2.17. The summed E-state index contributed by atoms with van der Waals surface area (Å²) in [6.45, 7) is 9.30. The quantitative estimate of drug-likeness (QED) is 0.708. The van der Waals surface area contributed by atoms with Crippen molar-refractivity contribution in [3.63, 3.8) is 0 Å². The molecule has 0 aliphatic rings. The zero-order valence-corrected chi connectivity index (χ0v) is 13.5. The number of rotatable bonds is 9. The lowest BCUT2D eigenvalue weighted by Crippen LogP contribution is -2.29. The summed E-state index contributed by atoms with van der Waals surface area (Å²) in [5.74, 6) is 0.424. The molecule has 0 spiro atoms. The summed E-state index contributed by atoms with van der Waals surface area (Å²) >= 11 is 0. The van der Waals surface area contributed by atoms with Crippen LogP contribution in [0.1, 0.15) is 52.1 Å². The molecule has 4 nitrogen and oxygen atoms in total. The van der Waals surface area contributed by atoms with E-state index in [1.54, 1.807) is 6.92 Å². The van der Waals surface area contributed by atoms with E-state index in [0.29, 0.717) is 18.8 Å². The summed E-state index contributed by atoms with van der Waals surface area (Å²) in [5.41, 5.74) is 1.15. The number of ether oxygens (including phenoxy) is 2. The van der Waals surface area contributed by atoms with E-state index in [2.05, 4.69) is 25.2 Å². The van der Waals surface area contributed by atoms with Gasteiger partial charge in [0.15, 0.2) is 6.10 Å². The third-order valence-electron chi connectivity index (χ3n) is 3.25. The fourth-order valence-electron chi connectivity index (χ4n) is 2.17. The monoisotopic (exact) mass is 293 g/mol. The highest BCUT2D eigenvalue weighted by molar-refractivity contribution is 5.75. The van der Waals surface area contributed by atoms with Gasteiger partial charge in [-0.15, -0.1) is 0 Å². The van der Waals surface area contributed by atoms with E-state index < -0.39 is 6.10 Å². The normalized spacial score (nSPS) is 13.5. The van der Waals surface area contributed by atoms with Gasteiger partial charge in [0.25, 0.3) is 0 Å². The number of nitrogens with one attached hydrogen (secondary N) is 1. The molecule has 1 aromatic carbocycles. The summed E-state index contributed by atoms with van der Waals surface area (Å²) in [6.07, 6.45) is 1.00. The first-order valence-electron chi connectivity index (χ1n) is 7.78. The predicted molar refractivity (Wildman–Crippen MR) is 84.5 cm³/mol. The van der Waals surface area contributed by atoms with Gasteiger partial charge >= 0.3 is 5.97 Å². The van der Waals surface area contributed by atoms with Gasteiger partial charge in [0.2, 0.25) is 0 Å². The lowest BCUT2D eigenvalue weighted by Gasteiger charge is -2.19. The Morgan fingerprint density at radius 2 is 2.05 bits per heavy atom. The minimum absolute atomic E-state index is 0.255. The molecule has 0 aromatic heterocycles. The van der Waals surface area contributed by atoms with Crippen LogP contribution in [0.5, 0.6) is 5.75 Å². The zero-order chi connectivity index (χ0) is 15.7. The van der Waals surface area contributed by atoms with E-state index in [1.165, 1.54) is 0 Å². The van der Waals surface area contributed by atoms with Gasteiger partial charge in [0.1, 0.15) is 5.75 Å². The van der Waals surface area contributed by atoms with Gasteiger partial charge in [-0.1, -0.05) is 32.4 Å². The molecule has 21 heavy (non-hydrogen) atoms. The van der Waals surface area contributed by atoms with Gasteiger partial charge in [-0.3, -0.25) is 0 Å². The zero-order valence-electron chi connectivity index (χ0n) is 13.5. The van der Waals surface area contributed by atoms with Crippen LogP contribution < -0.4 is 10.1 Å². The Morgan fingerprint density at radius 1 is 1.29 bits per heavy atom. The van der Waals surface area contributed by atoms with Crippen molar-refractivity contribution in [2.24, 2.45) is 0 Å². The average Bonchev–Trinajstić information content (AvgIpc) is 2.47. The molecule has 0 heterocycles. The van der Waals surface area contributed by atoms with Gasteiger partial charge in [-0.2, -0.15) is 0 Å². The van der Waals surface area contributed by atoms with Crippen LogP contribution in [0, 0.1) is 0 Å². The summed E-state index contributed by atoms with van der Waals surface area (Å²) in [6, 6.07) is 8.12. The van der Waals surface area contributed by atoms with Crippen molar-refractivity contribution in [2.75, 3.05) is 13.2 Å². The Bertz CT molecular complexity index is 434. The summed E-state index contributed by atoms with van der Waals surface area (Å²) in [4.78, 5) is 11.9. The summed E-state index contributed by atoms with van der Waals surface area (Å²) < 4.78 is 10.9. The highest BCUT2D eigenvalue weighted by Gasteiger charge is 2.21. The maximum absolute atomic E-state index is 11.9. The smallest absolute Gasteiger partial charge is 0.347 e. The van der Waals surface area contributed by atoms with E-state index in [-0.39, 0.29) is 12.0 Å². The van der Waals surface area contributed by atoms with Crippen LogP contribution in [0.15, 0.2) is 24.3 Å². The van der Waals surface area contributed by atoms with Crippen LogP contribution in [0.2, 0.25) is 0 Å². The molecular weight excluding hydrogens is 266 g/mol. The Labute approximate surface area is 127 Å². The second kappa shape index (κ2) is 9.40. The SMILES string of the molecule is CCCC(Oc1cccc(C(C)NCC)c1)C(=O)OCC. The molecule has 0 saturated carbocycles. The van der Waals surface area contributed by atoms with Crippen LogP contribution in [0.25, 0.3) is 0 Å². The Morgan fingerprint density at radius 3 is 2.67 bits per heavy atom. The van der Waals surface area contributed by atoms with Crippen molar-refractivity contribution in [3.05, 3.63) is 29.8 Å². The third kappa shape index (κ3) is 5.76. The van der Waals surface area contributed by atoms with Crippen LogP contribution in [0.4, 0.5) is 0 Å². The van der Waals surface area contributed by atoms with E-state index in [0.717, 1.165) is 18.5 Å². The minimum Gasteiger partial charge on any atom is -0.479 e. The largest absolute Gasteiger partial charge is 0.479 e. The first kappa shape index (κ1) is 17.5. The minimum atomic E-state index is -0.528.